The number of nitrogens with zero attached hydrogens (tertiary/aromatic N) is 3. The average Bonchev–Trinajstić information content (AvgIpc) is 3.68. The second-order valence-electron chi connectivity index (χ2n) is 10.9. The van der Waals surface area contributed by atoms with E-state index < -0.39 is 23.4 Å². The Labute approximate surface area is 227 Å². The van der Waals surface area contributed by atoms with Crippen molar-refractivity contribution in [1.29, 1.82) is 0 Å². The maximum atomic E-state index is 14.3. The number of anilines is 3. The summed E-state index contributed by atoms with van der Waals surface area (Å²) in [5.74, 6) is 0. The maximum absolute atomic E-state index is 14.3. The van der Waals surface area contributed by atoms with Crippen molar-refractivity contribution in [2.75, 3.05) is 43.0 Å². The number of benzene rings is 1. The Kier molecular flexibility index (Phi) is 7.97. The van der Waals surface area contributed by atoms with Crippen molar-refractivity contribution < 1.29 is 27.4 Å². The van der Waals surface area contributed by atoms with Crippen LogP contribution in [-0.2, 0) is 15.7 Å². The van der Waals surface area contributed by atoms with Crippen LogP contribution in [0.1, 0.15) is 56.2 Å². The van der Waals surface area contributed by atoms with Crippen LogP contribution in [0.15, 0.2) is 42.6 Å². The van der Waals surface area contributed by atoms with Gasteiger partial charge < -0.3 is 24.6 Å². The quantitative estimate of drug-likeness (QED) is 0.316. The van der Waals surface area contributed by atoms with Gasteiger partial charge in [-0.3, -0.25) is 4.98 Å². The number of carbonyl (C=O) groups excluding carboxylic acids is 1. The first-order valence-electron chi connectivity index (χ1n) is 12.9. The van der Waals surface area contributed by atoms with Crippen LogP contribution in [0.4, 0.5) is 35.0 Å². The van der Waals surface area contributed by atoms with E-state index in [9.17, 15) is 18.0 Å². The predicted octanol–water partition coefficient (Wildman–Crippen LogP) is 6.87. The van der Waals surface area contributed by atoms with E-state index in [1.54, 1.807) is 37.9 Å². The fourth-order valence-electron chi connectivity index (χ4n) is 4.39. The lowest BCUT2D eigenvalue weighted by atomic mass is 10.0. The number of hydrogen-bond acceptors (Lipinski definition) is 6. The van der Waals surface area contributed by atoms with E-state index in [0.29, 0.717) is 23.7 Å². The SMILES string of the molecule is C=C(C)/C=C\c1ncc(C2CO2)c(Nc2ccc(N3CCN(C(=O)OC(C)(C)C)CC3)c(C(F)(F)F)c2)c1C. The summed E-state index contributed by atoms with van der Waals surface area (Å²) in [4.78, 5) is 20.1. The standard InChI is InChI=1S/C29H35F3N4O3/c1-18(2)7-9-23-19(3)26(21(16-33-23)25-17-38-25)34-20-8-10-24(22(15-20)29(30,31)32)35-11-13-36(14-12-35)27(37)39-28(4,5)6/h7-10,15-16,25H,1,11-14,17H2,2-6H3,(H,33,34)/b9-7-. The number of hydrogen-bond donors (Lipinski definition) is 1. The van der Waals surface area contributed by atoms with Gasteiger partial charge in [0.25, 0.3) is 0 Å². The number of ether oxygens (including phenoxy) is 2. The molecular formula is C29H35F3N4O3. The summed E-state index contributed by atoms with van der Waals surface area (Å²) >= 11 is 0. The molecule has 7 nitrogen and oxygen atoms in total. The van der Waals surface area contributed by atoms with Crippen molar-refractivity contribution >= 4 is 29.2 Å². The van der Waals surface area contributed by atoms with Gasteiger partial charge in [0.15, 0.2) is 0 Å². The van der Waals surface area contributed by atoms with Crippen molar-refractivity contribution in [3.63, 3.8) is 0 Å². The second-order valence-corrected chi connectivity index (χ2v) is 10.9. The molecule has 2 aromatic rings. The average molecular weight is 545 g/mol. The van der Waals surface area contributed by atoms with Gasteiger partial charge in [-0.05, 0) is 64.5 Å². The van der Waals surface area contributed by atoms with Crippen molar-refractivity contribution in [3.8, 4) is 0 Å². The van der Waals surface area contributed by atoms with Gasteiger partial charge in [-0.15, -0.1) is 0 Å². The first-order chi connectivity index (χ1) is 18.2. The van der Waals surface area contributed by atoms with E-state index in [1.807, 2.05) is 26.0 Å². The number of allylic oxidation sites excluding steroid dienone is 2. The number of pyridine rings is 1. The molecule has 1 atom stereocenters. The summed E-state index contributed by atoms with van der Waals surface area (Å²) in [6.45, 7) is 14.6. The molecule has 1 aromatic carbocycles. The fraction of sp³-hybridized carbons (Fsp3) is 0.448. The number of amides is 1. The van der Waals surface area contributed by atoms with E-state index in [0.717, 1.165) is 22.8 Å². The number of alkyl halides is 3. The zero-order valence-corrected chi connectivity index (χ0v) is 23.0. The Morgan fingerprint density at radius 2 is 1.87 bits per heavy atom. The molecule has 4 rings (SSSR count). The molecule has 3 heterocycles. The van der Waals surface area contributed by atoms with E-state index in [-0.39, 0.29) is 38.0 Å². The highest BCUT2D eigenvalue weighted by atomic mass is 19.4. The van der Waals surface area contributed by atoms with Crippen molar-refractivity contribution in [1.82, 2.24) is 9.88 Å². The molecule has 39 heavy (non-hydrogen) atoms. The molecule has 1 amide bonds. The molecule has 1 N–H and O–H groups in total. The molecule has 2 saturated heterocycles. The number of rotatable bonds is 6. The van der Waals surface area contributed by atoms with Crippen LogP contribution in [0.3, 0.4) is 0 Å². The van der Waals surface area contributed by atoms with Crippen molar-refractivity contribution in [2.24, 2.45) is 0 Å². The van der Waals surface area contributed by atoms with Gasteiger partial charge in [0.1, 0.15) is 11.7 Å². The van der Waals surface area contributed by atoms with Gasteiger partial charge in [-0.1, -0.05) is 18.2 Å². The van der Waals surface area contributed by atoms with Gasteiger partial charge in [-0.25, -0.2) is 4.79 Å². The third kappa shape index (κ3) is 7.11. The first kappa shape index (κ1) is 28.5. The predicted molar refractivity (Wildman–Crippen MR) is 146 cm³/mol. The highest BCUT2D eigenvalue weighted by molar-refractivity contribution is 5.74. The largest absolute Gasteiger partial charge is 0.444 e. The first-order valence-corrected chi connectivity index (χ1v) is 12.9. The van der Waals surface area contributed by atoms with Gasteiger partial charge >= 0.3 is 12.3 Å². The minimum atomic E-state index is -4.57. The summed E-state index contributed by atoms with van der Waals surface area (Å²) in [5, 5.41) is 3.21. The molecule has 10 heteroatoms. The van der Waals surface area contributed by atoms with Gasteiger partial charge in [0.05, 0.1) is 23.6 Å². The molecular weight excluding hydrogens is 509 g/mol. The number of halogens is 3. The van der Waals surface area contributed by atoms with Crippen LogP contribution in [0.5, 0.6) is 0 Å². The number of nitrogens with one attached hydrogen (secondary N) is 1. The summed E-state index contributed by atoms with van der Waals surface area (Å²) in [5.41, 5.74) is 2.85. The molecule has 0 spiro atoms. The Balaban J connectivity index is 1.59. The molecule has 2 aliphatic rings. The minimum absolute atomic E-state index is 0.0826. The molecule has 210 valence electrons. The third-order valence-corrected chi connectivity index (χ3v) is 6.44. The number of epoxide rings is 1. The number of piperazine rings is 1. The van der Waals surface area contributed by atoms with Crippen LogP contribution in [-0.4, -0.2) is 54.4 Å². The number of carbonyl (C=O) groups is 1. The zero-order chi connectivity index (χ0) is 28.5. The lowest BCUT2D eigenvalue weighted by molar-refractivity contribution is -0.137. The van der Waals surface area contributed by atoms with Crippen molar-refractivity contribution in [2.45, 2.75) is 52.5 Å². The minimum Gasteiger partial charge on any atom is -0.444 e. The fourth-order valence-corrected chi connectivity index (χ4v) is 4.39. The van der Waals surface area contributed by atoms with Gasteiger partial charge in [-0.2, -0.15) is 13.2 Å². The summed E-state index contributed by atoms with van der Waals surface area (Å²) in [6, 6.07) is 4.27. The molecule has 0 bridgehead atoms. The maximum Gasteiger partial charge on any atom is 0.418 e. The van der Waals surface area contributed by atoms with Crippen LogP contribution in [0.2, 0.25) is 0 Å². The Morgan fingerprint density at radius 1 is 1.21 bits per heavy atom. The molecule has 0 aliphatic carbocycles. The smallest absolute Gasteiger partial charge is 0.418 e. The molecule has 0 radical (unpaired) electrons. The zero-order valence-electron chi connectivity index (χ0n) is 23.0. The monoisotopic (exact) mass is 544 g/mol. The lowest BCUT2D eigenvalue weighted by Crippen LogP contribution is -2.50. The van der Waals surface area contributed by atoms with Crippen LogP contribution < -0.4 is 10.2 Å². The molecule has 2 aliphatic heterocycles. The lowest BCUT2D eigenvalue weighted by Gasteiger charge is -2.37. The summed E-state index contributed by atoms with van der Waals surface area (Å²) < 4.78 is 53.7. The van der Waals surface area contributed by atoms with E-state index >= 15 is 0 Å². The van der Waals surface area contributed by atoms with Gasteiger partial charge in [0, 0.05) is 49.3 Å². The topological polar surface area (TPSA) is 70.2 Å². The Hall–Kier alpha value is -3.53. The van der Waals surface area contributed by atoms with E-state index in [1.165, 1.54) is 11.0 Å². The Morgan fingerprint density at radius 3 is 2.44 bits per heavy atom. The van der Waals surface area contributed by atoms with Gasteiger partial charge in [0.2, 0.25) is 0 Å². The Bertz CT molecular complexity index is 1270. The van der Waals surface area contributed by atoms with E-state index in [2.05, 4.69) is 16.9 Å². The summed E-state index contributed by atoms with van der Waals surface area (Å²) in [7, 11) is 0. The molecule has 1 unspecified atom stereocenters. The molecule has 0 saturated carbocycles. The molecule has 1 aromatic heterocycles. The summed E-state index contributed by atoms with van der Waals surface area (Å²) in [6.07, 6.45) is 0.209. The van der Waals surface area contributed by atoms with Crippen LogP contribution in [0.25, 0.3) is 6.08 Å². The van der Waals surface area contributed by atoms with Crippen molar-refractivity contribution in [3.05, 3.63) is 65.0 Å². The highest BCUT2D eigenvalue weighted by Crippen LogP contribution is 2.42. The van der Waals surface area contributed by atoms with Crippen LogP contribution in [0, 0.1) is 6.92 Å². The normalized spacial score (nSPS) is 17.9. The number of aromatic nitrogens is 1. The van der Waals surface area contributed by atoms with Crippen LogP contribution >= 0.6 is 0 Å². The van der Waals surface area contributed by atoms with E-state index in [4.69, 9.17) is 9.47 Å². The highest BCUT2D eigenvalue weighted by Gasteiger charge is 2.37. The molecule has 2 fully saturated rings. The third-order valence-electron chi connectivity index (χ3n) is 6.44. The second kappa shape index (κ2) is 10.9.